The van der Waals surface area contributed by atoms with E-state index in [0.717, 1.165) is 19.6 Å². The Morgan fingerprint density at radius 3 is 2.73 bits per heavy atom. The summed E-state index contributed by atoms with van der Waals surface area (Å²) in [4.78, 5) is 13.4. The van der Waals surface area contributed by atoms with Crippen LogP contribution in [-0.4, -0.2) is 50.2 Å². The monoisotopic (exact) mass is 214 g/mol. The second-order valence-electron chi connectivity index (χ2n) is 3.85. The molecule has 0 amide bonds. The number of hydrogen-bond acceptors (Lipinski definition) is 4. The van der Waals surface area contributed by atoms with Crippen molar-refractivity contribution in [3.8, 4) is 0 Å². The van der Waals surface area contributed by atoms with Gasteiger partial charge in [-0.05, 0) is 32.9 Å². The maximum Gasteiger partial charge on any atom is 0.307 e. The van der Waals surface area contributed by atoms with Crippen molar-refractivity contribution in [1.82, 2.24) is 10.2 Å². The van der Waals surface area contributed by atoms with Gasteiger partial charge in [0.15, 0.2) is 0 Å². The maximum absolute atomic E-state index is 11.0. The van der Waals surface area contributed by atoms with Gasteiger partial charge in [-0.2, -0.15) is 0 Å². The molecule has 0 aromatic heterocycles. The molecule has 0 aromatic rings. The molecular weight excluding hydrogens is 192 g/mol. The normalized spacial score (nSPS) is 16.9. The number of hydrogen-bond donors (Lipinski definition) is 1. The smallest absolute Gasteiger partial charge is 0.307 e. The predicted octanol–water partition coefficient (Wildman–Crippen LogP) is 0.625. The number of nitrogens with one attached hydrogen (secondary N) is 1. The lowest BCUT2D eigenvalue weighted by Gasteiger charge is -2.14. The van der Waals surface area contributed by atoms with E-state index >= 15 is 0 Å². The topological polar surface area (TPSA) is 41.6 Å². The highest BCUT2D eigenvalue weighted by Crippen LogP contribution is 2.05. The van der Waals surface area contributed by atoms with Crippen LogP contribution in [0.3, 0.4) is 0 Å². The number of nitrogens with zero attached hydrogens (tertiary/aromatic N) is 1. The lowest BCUT2D eigenvalue weighted by Crippen LogP contribution is -2.31. The Labute approximate surface area is 92.0 Å². The van der Waals surface area contributed by atoms with Crippen LogP contribution in [0.15, 0.2) is 0 Å². The van der Waals surface area contributed by atoms with Crippen LogP contribution in [0.5, 0.6) is 0 Å². The van der Waals surface area contributed by atoms with Crippen molar-refractivity contribution in [2.24, 2.45) is 0 Å². The molecule has 1 saturated heterocycles. The minimum absolute atomic E-state index is 0.105. The molecule has 0 unspecified atom stereocenters. The van der Waals surface area contributed by atoms with Crippen LogP contribution >= 0.6 is 0 Å². The molecule has 1 aliphatic heterocycles. The first kappa shape index (κ1) is 12.5. The van der Waals surface area contributed by atoms with Gasteiger partial charge in [0.25, 0.3) is 0 Å². The first-order chi connectivity index (χ1) is 7.33. The fraction of sp³-hybridized carbons (Fsp3) is 0.909. The molecule has 0 aromatic carbocycles. The van der Waals surface area contributed by atoms with Crippen LogP contribution < -0.4 is 5.32 Å². The first-order valence-corrected chi connectivity index (χ1v) is 5.91. The highest BCUT2D eigenvalue weighted by atomic mass is 16.5. The lowest BCUT2D eigenvalue weighted by molar-refractivity contribution is -0.142. The van der Waals surface area contributed by atoms with Crippen LogP contribution in [0.2, 0.25) is 0 Å². The van der Waals surface area contributed by atoms with Gasteiger partial charge in [-0.15, -0.1) is 0 Å². The third-order valence-electron chi connectivity index (χ3n) is 2.61. The van der Waals surface area contributed by atoms with E-state index in [-0.39, 0.29) is 5.97 Å². The zero-order valence-electron chi connectivity index (χ0n) is 9.63. The minimum atomic E-state index is -0.105. The molecule has 1 rings (SSSR count). The second kappa shape index (κ2) is 7.65. The number of likely N-dealkylation sites (tertiary alicyclic amines) is 1. The summed E-state index contributed by atoms with van der Waals surface area (Å²) >= 11 is 0. The Morgan fingerprint density at radius 2 is 2.07 bits per heavy atom. The lowest BCUT2D eigenvalue weighted by atomic mass is 10.4. The van der Waals surface area contributed by atoms with E-state index in [0.29, 0.717) is 13.0 Å². The number of esters is 1. The molecule has 4 nitrogen and oxygen atoms in total. The summed E-state index contributed by atoms with van der Waals surface area (Å²) in [7, 11) is 0. The molecule has 0 radical (unpaired) electrons. The highest BCUT2D eigenvalue weighted by Gasteiger charge is 2.10. The quantitative estimate of drug-likeness (QED) is 0.498. The van der Waals surface area contributed by atoms with Crippen molar-refractivity contribution in [2.45, 2.75) is 26.2 Å². The predicted molar refractivity (Wildman–Crippen MR) is 59.8 cm³/mol. The number of rotatable bonds is 7. The summed E-state index contributed by atoms with van der Waals surface area (Å²) in [5.74, 6) is -0.105. The van der Waals surface area contributed by atoms with Crippen LogP contribution in [0, 0.1) is 0 Å². The first-order valence-electron chi connectivity index (χ1n) is 5.91. The molecule has 88 valence electrons. The van der Waals surface area contributed by atoms with Crippen molar-refractivity contribution in [3.63, 3.8) is 0 Å². The van der Waals surface area contributed by atoms with E-state index in [9.17, 15) is 4.79 Å². The van der Waals surface area contributed by atoms with Gasteiger partial charge in [-0.1, -0.05) is 0 Å². The van der Waals surface area contributed by atoms with Crippen molar-refractivity contribution in [2.75, 3.05) is 39.3 Å². The number of carbonyl (C=O) groups excluding carboxylic acids is 1. The van der Waals surface area contributed by atoms with Gasteiger partial charge in [0.2, 0.25) is 0 Å². The third-order valence-corrected chi connectivity index (χ3v) is 2.61. The standard InChI is InChI=1S/C11H22N2O2/c1-2-15-11(14)5-6-12-7-10-13-8-3-4-9-13/h12H,2-10H2,1H3. The second-order valence-corrected chi connectivity index (χ2v) is 3.85. The minimum Gasteiger partial charge on any atom is -0.466 e. The fourth-order valence-electron chi connectivity index (χ4n) is 1.79. The summed E-state index contributed by atoms with van der Waals surface area (Å²) in [6.45, 7) is 7.58. The van der Waals surface area contributed by atoms with E-state index in [1.807, 2.05) is 6.92 Å². The van der Waals surface area contributed by atoms with E-state index in [2.05, 4.69) is 10.2 Å². The molecule has 1 aliphatic rings. The SMILES string of the molecule is CCOC(=O)CCNCCN1CCCC1. The molecule has 1 heterocycles. The molecule has 1 N–H and O–H groups in total. The molecular formula is C11H22N2O2. The van der Waals surface area contributed by atoms with Gasteiger partial charge >= 0.3 is 5.97 Å². The Bertz CT molecular complexity index is 179. The van der Waals surface area contributed by atoms with Crippen LogP contribution in [-0.2, 0) is 9.53 Å². The van der Waals surface area contributed by atoms with Crippen molar-refractivity contribution < 1.29 is 9.53 Å². The summed E-state index contributed by atoms with van der Waals surface area (Å²) in [6.07, 6.45) is 3.15. The van der Waals surface area contributed by atoms with Gasteiger partial charge in [0.1, 0.15) is 0 Å². The number of carbonyl (C=O) groups is 1. The largest absolute Gasteiger partial charge is 0.466 e. The molecule has 0 atom stereocenters. The van der Waals surface area contributed by atoms with Gasteiger partial charge in [-0.25, -0.2) is 0 Å². The maximum atomic E-state index is 11.0. The average molecular weight is 214 g/mol. The van der Waals surface area contributed by atoms with Crippen LogP contribution in [0.1, 0.15) is 26.2 Å². The summed E-state index contributed by atoms with van der Waals surface area (Å²) in [6, 6.07) is 0. The summed E-state index contributed by atoms with van der Waals surface area (Å²) in [5.41, 5.74) is 0. The Hall–Kier alpha value is -0.610. The van der Waals surface area contributed by atoms with E-state index in [1.165, 1.54) is 25.9 Å². The van der Waals surface area contributed by atoms with Gasteiger partial charge in [-0.3, -0.25) is 4.79 Å². The zero-order valence-corrected chi connectivity index (χ0v) is 9.63. The zero-order chi connectivity index (χ0) is 10.9. The van der Waals surface area contributed by atoms with Gasteiger partial charge in [0, 0.05) is 19.6 Å². The van der Waals surface area contributed by atoms with E-state index in [4.69, 9.17) is 4.74 Å². The van der Waals surface area contributed by atoms with Gasteiger partial charge < -0.3 is 15.0 Å². The van der Waals surface area contributed by atoms with Crippen LogP contribution in [0.25, 0.3) is 0 Å². The summed E-state index contributed by atoms with van der Waals surface area (Å²) < 4.78 is 4.83. The number of ether oxygens (including phenoxy) is 1. The van der Waals surface area contributed by atoms with Crippen molar-refractivity contribution in [3.05, 3.63) is 0 Å². The fourth-order valence-corrected chi connectivity index (χ4v) is 1.79. The summed E-state index contributed by atoms with van der Waals surface area (Å²) in [5, 5.41) is 3.26. The van der Waals surface area contributed by atoms with E-state index < -0.39 is 0 Å². The molecule has 0 aliphatic carbocycles. The van der Waals surface area contributed by atoms with Crippen molar-refractivity contribution >= 4 is 5.97 Å². The molecule has 0 saturated carbocycles. The molecule has 1 fully saturated rings. The van der Waals surface area contributed by atoms with Gasteiger partial charge in [0.05, 0.1) is 13.0 Å². The Morgan fingerprint density at radius 1 is 1.33 bits per heavy atom. The average Bonchev–Trinajstić information content (AvgIpc) is 2.70. The highest BCUT2D eigenvalue weighted by molar-refractivity contribution is 5.69. The molecule has 0 spiro atoms. The van der Waals surface area contributed by atoms with E-state index in [1.54, 1.807) is 0 Å². The molecule has 4 heteroatoms. The van der Waals surface area contributed by atoms with Crippen molar-refractivity contribution in [1.29, 1.82) is 0 Å². The van der Waals surface area contributed by atoms with Crippen LogP contribution in [0.4, 0.5) is 0 Å². The molecule has 0 bridgehead atoms. The Kier molecular flexibility index (Phi) is 6.36. The Balaban J connectivity index is 1.86. The molecule has 15 heavy (non-hydrogen) atoms. The third kappa shape index (κ3) is 5.74.